The quantitative estimate of drug-likeness (QED) is 0.893. The second-order valence-corrected chi connectivity index (χ2v) is 7.14. The number of hydrogen-bond acceptors (Lipinski definition) is 2. The summed E-state index contributed by atoms with van der Waals surface area (Å²) in [6.45, 7) is 6.31. The van der Waals surface area contributed by atoms with Crippen molar-refractivity contribution < 1.29 is 9.59 Å². The highest BCUT2D eigenvalue weighted by Crippen LogP contribution is 2.28. The minimum absolute atomic E-state index is 0.0204. The van der Waals surface area contributed by atoms with Gasteiger partial charge in [0.2, 0.25) is 11.8 Å². The van der Waals surface area contributed by atoms with Crippen molar-refractivity contribution >= 4 is 34.8 Å². The number of benzene rings is 2. The summed E-state index contributed by atoms with van der Waals surface area (Å²) in [6.07, 6.45) is 0.221. The van der Waals surface area contributed by atoms with E-state index in [-0.39, 0.29) is 24.2 Å². The molecule has 0 saturated carbocycles. The Morgan fingerprint density at radius 3 is 2.48 bits per heavy atom. The summed E-state index contributed by atoms with van der Waals surface area (Å²) in [5, 5.41) is 3.48. The minimum Gasteiger partial charge on any atom is -0.325 e. The molecule has 0 unspecified atom stereocenters. The van der Waals surface area contributed by atoms with E-state index in [2.05, 4.69) is 11.4 Å². The van der Waals surface area contributed by atoms with Gasteiger partial charge >= 0.3 is 0 Å². The molecule has 0 aromatic heterocycles. The maximum atomic E-state index is 12.6. The van der Waals surface area contributed by atoms with Crippen LogP contribution >= 0.6 is 11.6 Å². The summed E-state index contributed by atoms with van der Waals surface area (Å²) in [4.78, 5) is 26.7. The van der Waals surface area contributed by atoms with Crippen LogP contribution in [0, 0.1) is 26.7 Å². The van der Waals surface area contributed by atoms with Gasteiger partial charge in [0.15, 0.2) is 0 Å². The van der Waals surface area contributed by atoms with Crippen molar-refractivity contribution in [3.05, 3.63) is 58.1 Å². The molecule has 1 saturated heterocycles. The normalized spacial score (nSPS) is 17.0. The molecule has 3 rings (SSSR count). The molecule has 0 radical (unpaired) electrons. The first-order valence-corrected chi connectivity index (χ1v) is 8.67. The largest absolute Gasteiger partial charge is 0.325 e. The molecule has 1 N–H and O–H groups in total. The average molecular weight is 357 g/mol. The maximum absolute atomic E-state index is 12.6. The van der Waals surface area contributed by atoms with Gasteiger partial charge in [-0.3, -0.25) is 9.59 Å². The van der Waals surface area contributed by atoms with E-state index in [0.29, 0.717) is 17.3 Å². The highest BCUT2D eigenvalue weighted by Gasteiger charge is 2.35. The SMILES string of the molecule is Cc1cc(C)cc(N2C[C@@H](C(=O)Nc3cc(Cl)ccc3C)CC2=O)c1. The van der Waals surface area contributed by atoms with Crippen LogP contribution < -0.4 is 10.2 Å². The molecule has 1 aliphatic heterocycles. The van der Waals surface area contributed by atoms with Gasteiger partial charge in [0, 0.05) is 29.4 Å². The molecule has 2 amide bonds. The Morgan fingerprint density at radius 2 is 1.80 bits per heavy atom. The van der Waals surface area contributed by atoms with Gasteiger partial charge in [-0.25, -0.2) is 0 Å². The molecule has 2 aromatic rings. The van der Waals surface area contributed by atoms with Gasteiger partial charge in [0.1, 0.15) is 0 Å². The predicted molar refractivity (Wildman–Crippen MR) is 101 cm³/mol. The third-order valence-electron chi connectivity index (χ3n) is 4.47. The summed E-state index contributed by atoms with van der Waals surface area (Å²) in [6, 6.07) is 11.4. The molecule has 4 nitrogen and oxygen atoms in total. The van der Waals surface area contributed by atoms with Crippen LogP contribution in [0.1, 0.15) is 23.1 Å². The van der Waals surface area contributed by atoms with Crippen LogP contribution in [0.2, 0.25) is 5.02 Å². The Kier molecular flexibility index (Phi) is 4.82. The fraction of sp³-hybridized carbons (Fsp3) is 0.300. The van der Waals surface area contributed by atoms with Crippen LogP contribution in [0.5, 0.6) is 0 Å². The van der Waals surface area contributed by atoms with Crippen molar-refractivity contribution in [2.24, 2.45) is 5.92 Å². The third-order valence-corrected chi connectivity index (χ3v) is 4.71. The molecule has 0 bridgehead atoms. The van der Waals surface area contributed by atoms with Crippen molar-refractivity contribution in [1.29, 1.82) is 0 Å². The van der Waals surface area contributed by atoms with Crippen LogP contribution in [0.15, 0.2) is 36.4 Å². The van der Waals surface area contributed by atoms with E-state index in [9.17, 15) is 9.59 Å². The van der Waals surface area contributed by atoms with Crippen LogP contribution in [0.4, 0.5) is 11.4 Å². The lowest BCUT2D eigenvalue weighted by molar-refractivity contribution is -0.122. The number of nitrogens with zero attached hydrogens (tertiary/aromatic N) is 1. The Morgan fingerprint density at radius 1 is 1.12 bits per heavy atom. The van der Waals surface area contributed by atoms with Crippen LogP contribution in [0.25, 0.3) is 0 Å². The molecule has 5 heteroatoms. The zero-order chi connectivity index (χ0) is 18.1. The fourth-order valence-corrected chi connectivity index (χ4v) is 3.38. The number of halogens is 1. The van der Waals surface area contributed by atoms with Gasteiger partial charge in [0.25, 0.3) is 0 Å². The van der Waals surface area contributed by atoms with Crippen molar-refractivity contribution in [1.82, 2.24) is 0 Å². The summed E-state index contributed by atoms with van der Waals surface area (Å²) in [5.74, 6) is -0.537. The van der Waals surface area contributed by atoms with Crippen LogP contribution in [-0.2, 0) is 9.59 Å². The summed E-state index contributed by atoms with van der Waals surface area (Å²) >= 11 is 6.00. The number of carbonyl (C=O) groups excluding carboxylic acids is 2. The predicted octanol–water partition coefficient (Wildman–Crippen LogP) is 4.26. The van der Waals surface area contributed by atoms with Gasteiger partial charge in [-0.05, 0) is 61.7 Å². The smallest absolute Gasteiger partial charge is 0.229 e. The van der Waals surface area contributed by atoms with Crippen LogP contribution in [0.3, 0.4) is 0 Å². The monoisotopic (exact) mass is 356 g/mol. The number of amides is 2. The van der Waals surface area contributed by atoms with E-state index in [1.165, 1.54) is 0 Å². The standard InChI is InChI=1S/C20H21ClN2O2/c1-12-6-13(2)8-17(7-12)23-11-15(9-19(23)24)20(25)22-18-10-16(21)5-4-14(18)3/h4-8,10,15H,9,11H2,1-3H3,(H,22,25)/t15-/m0/s1. The molecule has 1 atom stereocenters. The zero-order valence-corrected chi connectivity index (χ0v) is 15.4. The van der Waals surface area contributed by atoms with E-state index in [4.69, 9.17) is 11.6 Å². The number of carbonyl (C=O) groups is 2. The van der Waals surface area contributed by atoms with Crippen molar-refractivity contribution in [3.63, 3.8) is 0 Å². The zero-order valence-electron chi connectivity index (χ0n) is 14.6. The highest BCUT2D eigenvalue weighted by molar-refractivity contribution is 6.31. The minimum atomic E-state index is -0.369. The number of nitrogens with one attached hydrogen (secondary N) is 1. The maximum Gasteiger partial charge on any atom is 0.229 e. The van der Waals surface area contributed by atoms with Gasteiger partial charge in [0.05, 0.1) is 5.92 Å². The van der Waals surface area contributed by atoms with Gasteiger partial charge in [-0.2, -0.15) is 0 Å². The molecule has 1 fully saturated rings. The van der Waals surface area contributed by atoms with E-state index in [1.807, 2.05) is 39.0 Å². The van der Waals surface area contributed by atoms with Gasteiger partial charge in [-0.1, -0.05) is 23.7 Å². The molecule has 0 spiro atoms. The van der Waals surface area contributed by atoms with Crippen LogP contribution in [-0.4, -0.2) is 18.4 Å². The lowest BCUT2D eigenvalue weighted by Crippen LogP contribution is -2.28. The first kappa shape index (κ1) is 17.5. The molecule has 0 aliphatic carbocycles. The lowest BCUT2D eigenvalue weighted by atomic mass is 10.1. The second-order valence-electron chi connectivity index (χ2n) is 6.70. The third kappa shape index (κ3) is 3.85. The Labute approximate surface area is 152 Å². The van der Waals surface area contributed by atoms with Crippen molar-refractivity contribution in [3.8, 4) is 0 Å². The van der Waals surface area contributed by atoms with Crippen molar-refractivity contribution in [2.75, 3.05) is 16.8 Å². The first-order valence-electron chi connectivity index (χ1n) is 8.29. The number of anilines is 2. The van der Waals surface area contributed by atoms with Crippen molar-refractivity contribution in [2.45, 2.75) is 27.2 Å². The van der Waals surface area contributed by atoms with E-state index in [1.54, 1.807) is 17.0 Å². The Bertz CT molecular complexity index is 827. The molecular weight excluding hydrogens is 336 g/mol. The number of rotatable bonds is 3. The number of hydrogen-bond donors (Lipinski definition) is 1. The first-order chi connectivity index (χ1) is 11.8. The molecule has 130 valence electrons. The Hall–Kier alpha value is -2.33. The molecule has 1 heterocycles. The van der Waals surface area contributed by atoms with E-state index in [0.717, 1.165) is 22.4 Å². The summed E-state index contributed by atoms with van der Waals surface area (Å²) < 4.78 is 0. The highest BCUT2D eigenvalue weighted by atomic mass is 35.5. The lowest BCUT2D eigenvalue weighted by Gasteiger charge is -2.18. The fourth-order valence-electron chi connectivity index (χ4n) is 3.20. The molecular formula is C20H21ClN2O2. The molecule has 1 aliphatic rings. The Balaban J connectivity index is 1.75. The topological polar surface area (TPSA) is 49.4 Å². The van der Waals surface area contributed by atoms with Gasteiger partial charge < -0.3 is 10.2 Å². The van der Waals surface area contributed by atoms with Gasteiger partial charge in [-0.15, -0.1) is 0 Å². The number of aryl methyl sites for hydroxylation is 3. The average Bonchev–Trinajstić information content (AvgIpc) is 2.92. The second kappa shape index (κ2) is 6.89. The molecule has 2 aromatic carbocycles. The summed E-state index contributed by atoms with van der Waals surface area (Å²) in [7, 11) is 0. The van der Waals surface area contributed by atoms with E-state index >= 15 is 0 Å². The summed E-state index contributed by atoms with van der Waals surface area (Å²) in [5.41, 5.74) is 4.69. The molecule has 25 heavy (non-hydrogen) atoms. The van der Waals surface area contributed by atoms with E-state index < -0.39 is 0 Å².